The van der Waals surface area contributed by atoms with Crippen molar-refractivity contribution in [3.63, 3.8) is 0 Å². The van der Waals surface area contributed by atoms with E-state index < -0.39 is 0 Å². The van der Waals surface area contributed by atoms with Crippen LogP contribution in [-0.2, 0) is 4.74 Å². The number of aryl methyl sites for hydroxylation is 1. The molecule has 0 heterocycles. The zero-order valence-electron chi connectivity index (χ0n) is 13.9. The van der Waals surface area contributed by atoms with Crippen LogP contribution in [0.3, 0.4) is 0 Å². The van der Waals surface area contributed by atoms with Gasteiger partial charge in [-0.05, 0) is 45.7 Å². The molecule has 2 amide bonds. The average molecular weight is 308 g/mol. The van der Waals surface area contributed by atoms with E-state index >= 15 is 0 Å². The zero-order valence-corrected chi connectivity index (χ0v) is 13.9. The minimum absolute atomic E-state index is 0.139. The molecule has 0 aliphatic rings. The van der Waals surface area contributed by atoms with Gasteiger partial charge in [0.1, 0.15) is 5.75 Å². The van der Waals surface area contributed by atoms with Crippen molar-refractivity contribution in [1.82, 2.24) is 10.6 Å². The van der Waals surface area contributed by atoms with Crippen molar-refractivity contribution in [2.45, 2.75) is 39.7 Å². The van der Waals surface area contributed by atoms with E-state index in [4.69, 9.17) is 9.47 Å². The third kappa shape index (κ3) is 9.23. The van der Waals surface area contributed by atoms with Gasteiger partial charge in [-0.25, -0.2) is 4.79 Å². The van der Waals surface area contributed by atoms with Crippen molar-refractivity contribution in [2.75, 3.05) is 26.3 Å². The Morgan fingerprint density at radius 3 is 2.23 bits per heavy atom. The molecule has 0 aliphatic heterocycles. The first-order valence-electron chi connectivity index (χ1n) is 7.90. The lowest BCUT2D eigenvalue weighted by Crippen LogP contribution is -2.37. The third-order valence-corrected chi connectivity index (χ3v) is 2.95. The summed E-state index contributed by atoms with van der Waals surface area (Å²) in [4.78, 5) is 11.5. The molecule has 0 saturated carbocycles. The van der Waals surface area contributed by atoms with E-state index in [1.165, 1.54) is 5.56 Å². The maximum absolute atomic E-state index is 11.5. The molecule has 0 spiro atoms. The van der Waals surface area contributed by atoms with Gasteiger partial charge in [-0.2, -0.15) is 0 Å². The highest BCUT2D eigenvalue weighted by Crippen LogP contribution is 2.11. The Hall–Kier alpha value is -1.75. The molecule has 0 bridgehead atoms. The van der Waals surface area contributed by atoms with Gasteiger partial charge in [0.05, 0.1) is 12.7 Å². The van der Waals surface area contributed by atoms with Crippen molar-refractivity contribution in [3.8, 4) is 5.75 Å². The number of ether oxygens (including phenoxy) is 2. The summed E-state index contributed by atoms with van der Waals surface area (Å²) in [6, 6.07) is 7.80. The van der Waals surface area contributed by atoms with Gasteiger partial charge in [0.15, 0.2) is 0 Å². The standard InChI is InChI=1S/C17H28N2O3/c1-14(2)21-12-4-10-18-17(20)19-11-5-13-22-16-8-6-15(3)7-9-16/h6-9,14H,4-5,10-13H2,1-3H3,(H2,18,19,20). The summed E-state index contributed by atoms with van der Waals surface area (Å²) in [5, 5.41) is 5.61. The summed E-state index contributed by atoms with van der Waals surface area (Å²) in [5.74, 6) is 0.861. The Labute approximate surface area is 133 Å². The number of hydrogen-bond donors (Lipinski definition) is 2. The monoisotopic (exact) mass is 308 g/mol. The van der Waals surface area contributed by atoms with Crippen LogP contribution in [0.15, 0.2) is 24.3 Å². The Kier molecular flexibility index (Phi) is 9.07. The van der Waals surface area contributed by atoms with E-state index in [0.717, 1.165) is 18.6 Å². The highest BCUT2D eigenvalue weighted by atomic mass is 16.5. The van der Waals surface area contributed by atoms with Crippen LogP contribution >= 0.6 is 0 Å². The summed E-state index contributed by atoms with van der Waals surface area (Å²) in [7, 11) is 0. The number of benzene rings is 1. The molecule has 5 heteroatoms. The SMILES string of the molecule is Cc1ccc(OCCCNC(=O)NCCCOC(C)C)cc1. The van der Waals surface area contributed by atoms with Gasteiger partial charge in [0.25, 0.3) is 0 Å². The maximum Gasteiger partial charge on any atom is 0.314 e. The second-order valence-electron chi connectivity index (χ2n) is 5.47. The molecule has 5 nitrogen and oxygen atoms in total. The largest absolute Gasteiger partial charge is 0.494 e. The van der Waals surface area contributed by atoms with Gasteiger partial charge in [-0.15, -0.1) is 0 Å². The molecule has 124 valence electrons. The Balaban J connectivity index is 1.95. The number of carbonyl (C=O) groups excluding carboxylic acids is 1. The van der Waals surface area contributed by atoms with E-state index in [2.05, 4.69) is 10.6 Å². The number of urea groups is 1. The summed E-state index contributed by atoms with van der Waals surface area (Å²) in [6.45, 7) is 8.52. The van der Waals surface area contributed by atoms with E-state index in [1.54, 1.807) is 0 Å². The number of amides is 2. The van der Waals surface area contributed by atoms with Crippen LogP contribution in [0.4, 0.5) is 4.79 Å². The van der Waals surface area contributed by atoms with Crippen LogP contribution in [0.2, 0.25) is 0 Å². The Morgan fingerprint density at radius 2 is 1.64 bits per heavy atom. The fourth-order valence-electron chi connectivity index (χ4n) is 1.75. The first-order valence-corrected chi connectivity index (χ1v) is 7.90. The predicted octanol–water partition coefficient (Wildman–Crippen LogP) is 2.88. The normalized spacial score (nSPS) is 10.5. The molecule has 0 atom stereocenters. The summed E-state index contributed by atoms with van der Waals surface area (Å²) in [6.07, 6.45) is 1.84. The van der Waals surface area contributed by atoms with Gasteiger partial charge in [-0.3, -0.25) is 0 Å². The number of hydrogen-bond acceptors (Lipinski definition) is 3. The quantitative estimate of drug-likeness (QED) is 0.653. The van der Waals surface area contributed by atoms with E-state index in [9.17, 15) is 4.79 Å². The molecule has 22 heavy (non-hydrogen) atoms. The Morgan fingerprint density at radius 1 is 1.05 bits per heavy atom. The minimum Gasteiger partial charge on any atom is -0.494 e. The highest BCUT2D eigenvalue weighted by Gasteiger charge is 1.99. The molecule has 0 radical (unpaired) electrons. The lowest BCUT2D eigenvalue weighted by Gasteiger charge is -2.10. The molecule has 1 rings (SSSR count). The molecule has 0 saturated heterocycles. The second-order valence-corrected chi connectivity index (χ2v) is 5.47. The van der Waals surface area contributed by atoms with E-state index in [0.29, 0.717) is 26.3 Å². The minimum atomic E-state index is -0.139. The number of carbonyl (C=O) groups is 1. The molecule has 1 aromatic carbocycles. The fourth-order valence-corrected chi connectivity index (χ4v) is 1.75. The van der Waals surface area contributed by atoms with Crippen molar-refractivity contribution in [3.05, 3.63) is 29.8 Å². The van der Waals surface area contributed by atoms with Crippen LogP contribution in [0.5, 0.6) is 5.75 Å². The topological polar surface area (TPSA) is 59.6 Å². The third-order valence-electron chi connectivity index (χ3n) is 2.95. The van der Waals surface area contributed by atoms with Gasteiger partial charge < -0.3 is 20.1 Å². The smallest absolute Gasteiger partial charge is 0.314 e. The molecule has 0 unspecified atom stereocenters. The van der Waals surface area contributed by atoms with Crippen LogP contribution in [0.25, 0.3) is 0 Å². The Bertz CT molecular complexity index is 418. The van der Waals surface area contributed by atoms with E-state index in [-0.39, 0.29) is 12.1 Å². The predicted molar refractivity (Wildman–Crippen MR) is 88.4 cm³/mol. The number of rotatable bonds is 10. The van der Waals surface area contributed by atoms with Crippen molar-refractivity contribution in [1.29, 1.82) is 0 Å². The molecule has 0 aliphatic carbocycles. The second kappa shape index (κ2) is 10.9. The zero-order chi connectivity index (χ0) is 16.2. The van der Waals surface area contributed by atoms with Crippen LogP contribution in [0, 0.1) is 6.92 Å². The van der Waals surface area contributed by atoms with Crippen LogP contribution in [0.1, 0.15) is 32.3 Å². The van der Waals surface area contributed by atoms with Gasteiger partial charge in [0.2, 0.25) is 0 Å². The molecule has 2 N–H and O–H groups in total. The van der Waals surface area contributed by atoms with Crippen LogP contribution < -0.4 is 15.4 Å². The molecule has 0 aromatic heterocycles. The summed E-state index contributed by atoms with van der Waals surface area (Å²) < 4.78 is 11.0. The van der Waals surface area contributed by atoms with Gasteiger partial charge in [0, 0.05) is 19.7 Å². The summed E-state index contributed by atoms with van der Waals surface area (Å²) >= 11 is 0. The van der Waals surface area contributed by atoms with Gasteiger partial charge in [-0.1, -0.05) is 17.7 Å². The maximum atomic E-state index is 11.5. The van der Waals surface area contributed by atoms with Crippen molar-refractivity contribution in [2.24, 2.45) is 0 Å². The lowest BCUT2D eigenvalue weighted by molar-refractivity contribution is 0.0774. The molecule has 1 aromatic rings. The van der Waals surface area contributed by atoms with Crippen LogP contribution in [-0.4, -0.2) is 38.4 Å². The first-order chi connectivity index (χ1) is 10.6. The highest BCUT2D eigenvalue weighted by molar-refractivity contribution is 5.73. The number of nitrogens with one attached hydrogen (secondary N) is 2. The van der Waals surface area contributed by atoms with Crippen molar-refractivity contribution < 1.29 is 14.3 Å². The fraction of sp³-hybridized carbons (Fsp3) is 0.588. The lowest BCUT2D eigenvalue weighted by atomic mass is 10.2. The van der Waals surface area contributed by atoms with Gasteiger partial charge >= 0.3 is 6.03 Å². The average Bonchev–Trinajstić information content (AvgIpc) is 2.48. The van der Waals surface area contributed by atoms with Crippen molar-refractivity contribution >= 4 is 6.03 Å². The molecule has 0 fully saturated rings. The molecular weight excluding hydrogens is 280 g/mol. The molecular formula is C17H28N2O3. The summed E-state index contributed by atoms with van der Waals surface area (Å²) in [5.41, 5.74) is 1.21. The van der Waals surface area contributed by atoms with E-state index in [1.807, 2.05) is 45.0 Å². The first kappa shape index (κ1) is 18.3.